The largest absolute Gasteiger partial charge is 0.494 e. The van der Waals surface area contributed by atoms with Crippen LogP contribution in [0.15, 0.2) is 48.5 Å². The van der Waals surface area contributed by atoms with Gasteiger partial charge in [-0.25, -0.2) is 4.79 Å². The molecular weight excluding hydrogens is 420 g/mol. The van der Waals surface area contributed by atoms with Gasteiger partial charge >= 0.3 is 5.97 Å². The summed E-state index contributed by atoms with van der Waals surface area (Å²) in [7, 11) is 0. The van der Waals surface area contributed by atoms with Gasteiger partial charge in [0.15, 0.2) is 0 Å². The van der Waals surface area contributed by atoms with Crippen LogP contribution in [0.5, 0.6) is 5.75 Å². The summed E-state index contributed by atoms with van der Waals surface area (Å²) < 4.78 is 11.9. The molecule has 2 aromatic carbocycles. The lowest BCUT2D eigenvalue weighted by Crippen LogP contribution is -2.35. The van der Waals surface area contributed by atoms with Crippen LogP contribution in [0.4, 0.5) is 0 Å². The molecule has 186 valence electrons. The van der Waals surface area contributed by atoms with E-state index in [2.05, 4.69) is 39.8 Å². The summed E-state index contributed by atoms with van der Waals surface area (Å²) in [5.41, 5.74) is 2.83. The van der Waals surface area contributed by atoms with Gasteiger partial charge in [0, 0.05) is 0 Å². The molecule has 3 heteroatoms. The molecule has 0 spiro atoms. The quantitative estimate of drug-likeness (QED) is 0.233. The summed E-state index contributed by atoms with van der Waals surface area (Å²) >= 11 is 0. The number of unbranched alkanes of at least 4 members (excludes halogenated alkanes) is 5. The number of ether oxygens (including phenoxy) is 2. The second-order valence-electron chi connectivity index (χ2n) is 10.5. The van der Waals surface area contributed by atoms with E-state index in [1.54, 1.807) is 0 Å². The summed E-state index contributed by atoms with van der Waals surface area (Å²) in [5, 5.41) is 0. The fourth-order valence-corrected chi connectivity index (χ4v) is 5.07. The third kappa shape index (κ3) is 7.89. The van der Waals surface area contributed by atoms with Crippen molar-refractivity contribution in [2.75, 3.05) is 6.61 Å². The second kappa shape index (κ2) is 13.6. The molecule has 0 aliphatic heterocycles. The van der Waals surface area contributed by atoms with Crippen molar-refractivity contribution in [3.8, 4) is 16.9 Å². The summed E-state index contributed by atoms with van der Waals surface area (Å²) in [4.78, 5) is 12.8. The smallest absolute Gasteiger partial charge is 0.338 e. The van der Waals surface area contributed by atoms with E-state index in [4.69, 9.17) is 9.47 Å². The maximum atomic E-state index is 12.8. The minimum atomic E-state index is -0.199. The molecule has 3 unspecified atom stereocenters. The predicted molar refractivity (Wildman–Crippen MR) is 141 cm³/mol. The van der Waals surface area contributed by atoms with Gasteiger partial charge < -0.3 is 9.47 Å². The van der Waals surface area contributed by atoms with E-state index < -0.39 is 0 Å². The number of hydrogen-bond acceptors (Lipinski definition) is 3. The van der Waals surface area contributed by atoms with Gasteiger partial charge in [0.05, 0.1) is 12.2 Å². The van der Waals surface area contributed by atoms with Crippen LogP contribution in [0, 0.1) is 17.8 Å². The number of esters is 1. The van der Waals surface area contributed by atoms with Crippen LogP contribution in [0.2, 0.25) is 0 Å². The van der Waals surface area contributed by atoms with Crippen LogP contribution in [0.1, 0.15) is 95.8 Å². The summed E-state index contributed by atoms with van der Waals surface area (Å²) in [5.74, 6) is 2.33. The Balaban J connectivity index is 1.50. The number of rotatable bonds is 12. The van der Waals surface area contributed by atoms with Crippen LogP contribution < -0.4 is 4.74 Å². The van der Waals surface area contributed by atoms with Crippen molar-refractivity contribution in [3.05, 3.63) is 54.1 Å². The minimum Gasteiger partial charge on any atom is -0.494 e. The highest BCUT2D eigenvalue weighted by atomic mass is 16.5. The average Bonchev–Trinajstić information content (AvgIpc) is 2.84. The van der Waals surface area contributed by atoms with Gasteiger partial charge in [-0.2, -0.15) is 0 Å². The number of benzene rings is 2. The molecule has 0 amide bonds. The molecule has 1 aliphatic carbocycles. The molecule has 0 saturated heterocycles. The Morgan fingerprint density at radius 3 is 2.15 bits per heavy atom. The third-order valence-corrected chi connectivity index (χ3v) is 7.29. The van der Waals surface area contributed by atoms with Gasteiger partial charge in [0.2, 0.25) is 0 Å². The Bertz CT molecular complexity index is 853. The number of hydrogen-bond donors (Lipinski definition) is 0. The molecule has 0 N–H and O–H groups in total. The Kier molecular flexibility index (Phi) is 10.5. The van der Waals surface area contributed by atoms with Crippen molar-refractivity contribution in [1.82, 2.24) is 0 Å². The average molecular weight is 465 g/mol. The highest BCUT2D eigenvalue weighted by Crippen LogP contribution is 2.35. The lowest BCUT2D eigenvalue weighted by atomic mass is 9.75. The van der Waals surface area contributed by atoms with Gasteiger partial charge in [-0.05, 0) is 72.4 Å². The molecular formula is C31H44O3. The molecule has 1 saturated carbocycles. The van der Waals surface area contributed by atoms with E-state index in [0.29, 0.717) is 23.3 Å². The van der Waals surface area contributed by atoms with Crippen LogP contribution in [-0.2, 0) is 4.74 Å². The zero-order valence-electron chi connectivity index (χ0n) is 21.7. The fourth-order valence-electron chi connectivity index (χ4n) is 5.07. The first-order chi connectivity index (χ1) is 16.5. The lowest BCUT2D eigenvalue weighted by molar-refractivity contribution is -0.0174. The first-order valence-corrected chi connectivity index (χ1v) is 13.5. The maximum Gasteiger partial charge on any atom is 0.338 e. The van der Waals surface area contributed by atoms with E-state index in [0.717, 1.165) is 42.7 Å². The van der Waals surface area contributed by atoms with Crippen molar-refractivity contribution in [1.29, 1.82) is 0 Å². The van der Waals surface area contributed by atoms with Crippen molar-refractivity contribution >= 4 is 5.97 Å². The van der Waals surface area contributed by atoms with Gasteiger partial charge in [0.1, 0.15) is 11.9 Å². The van der Waals surface area contributed by atoms with Crippen LogP contribution in [-0.4, -0.2) is 18.7 Å². The Morgan fingerprint density at radius 2 is 1.50 bits per heavy atom. The van der Waals surface area contributed by atoms with E-state index in [1.807, 2.05) is 36.4 Å². The molecule has 0 heterocycles. The van der Waals surface area contributed by atoms with Crippen LogP contribution in [0.3, 0.4) is 0 Å². The Hall–Kier alpha value is -2.29. The molecule has 3 nitrogen and oxygen atoms in total. The molecule has 0 aromatic heterocycles. The van der Waals surface area contributed by atoms with Crippen molar-refractivity contribution in [2.45, 2.75) is 91.6 Å². The van der Waals surface area contributed by atoms with E-state index in [1.165, 1.54) is 38.5 Å². The lowest BCUT2D eigenvalue weighted by Gasteiger charge is -2.36. The second-order valence-corrected chi connectivity index (χ2v) is 10.5. The van der Waals surface area contributed by atoms with Gasteiger partial charge in [-0.1, -0.05) is 90.5 Å². The van der Waals surface area contributed by atoms with E-state index in [-0.39, 0.29) is 12.1 Å². The zero-order chi connectivity index (χ0) is 24.3. The van der Waals surface area contributed by atoms with Crippen LogP contribution in [0.25, 0.3) is 11.1 Å². The first-order valence-electron chi connectivity index (χ1n) is 13.5. The molecule has 34 heavy (non-hydrogen) atoms. The van der Waals surface area contributed by atoms with E-state index >= 15 is 0 Å². The number of carbonyl (C=O) groups is 1. The van der Waals surface area contributed by atoms with Crippen molar-refractivity contribution in [2.24, 2.45) is 17.8 Å². The zero-order valence-corrected chi connectivity index (χ0v) is 21.7. The molecule has 3 atom stereocenters. The van der Waals surface area contributed by atoms with Crippen LogP contribution >= 0.6 is 0 Å². The minimum absolute atomic E-state index is 0.0276. The monoisotopic (exact) mass is 464 g/mol. The SMILES string of the molecule is CCCCCCCCOc1ccc(-c2ccc(C(=O)OC3CC(C)CCC3C(C)C)cc2)cc1. The fraction of sp³-hybridized carbons (Fsp3) is 0.581. The first kappa shape index (κ1) is 26.3. The maximum absolute atomic E-state index is 12.8. The van der Waals surface area contributed by atoms with Crippen molar-refractivity contribution < 1.29 is 14.3 Å². The number of carbonyl (C=O) groups excluding carboxylic acids is 1. The summed E-state index contributed by atoms with van der Waals surface area (Å²) in [6, 6.07) is 16.0. The van der Waals surface area contributed by atoms with Gasteiger partial charge in [-0.3, -0.25) is 0 Å². The highest BCUT2D eigenvalue weighted by Gasteiger charge is 2.33. The van der Waals surface area contributed by atoms with E-state index in [9.17, 15) is 4.79 Å². The van der Waals surface area contributed by atoms with Gasteiger partial charge in [0.25, 0.3) is 0 Å². The molecule has 1 aliphatic rings. The van der Waals surface area contributed by atoms with Gasteiger partial charge in [-0.15, -0.1) is 0 Å². The Labute approximate surface area is 207 Å². The summed E-state index contributed by atoms with van der Waals surface area (Å²) in [6.45, 7) is 9.76. The highest BCUT2D eigenvalue weighted by molar-refractivity contribution is 5.90. The molecule has 2 aromatic rings. The summed E-state index contributed by atoms with van der Waals surface area (Å²) in [6.07, 6.45) is 11.0. The normalized spacial score (nSPS) is 20.3. The molecule has 1 fully saturated rings. The topological polar surface area (TPSA) is 35.5 Å². The van der Waals surface area contributed by atoms with Crippen molar-refractivity contribution in [3.63, 3.8) is 0 Å². The predicted octanol–water partition coefficient (Wildman–Crippen LogP) is 8.71. The molecule has 3 rings (SSSR count). The Morgan fingerprint density at radius 1 is 0.882 bits per heavy atom. The molecule has 0 radical (unpaired) electrons. The third-order valence-electron chi connectivity index (χ3n) is 7.29. The molecule has 0 bridgehead atoms. The standard InChI is InChI=1S/C31H44O3/c1-5-6-7-8-9-10-21-33-28-18-16-26(17-19-28)25-12-14-27(15-13-25)31(32)34-30-22-24(4)11-20-29(30)23(2)3/h12-19,23-24,29-30H,5-11,20-22H2,1-4H3.